The molecule has 0 aromatic heterocycles. The average molecular weight is 396 g/mol. The van der Waals surface area contributed by atoms with E-state index in [0.717, 1.165) is 30.2 Å². The first-order valence-corrected chi connectivity index (χ1v) is 10.2. The van der Waals surface area contributed by atoms with Gasteiger partial charge in [-0.05, 0) is 43.3 Å². The second-order valence-corrected chi connectivity index (χ2v) is 8.34. The van der Waals surface area contributed by atoms with Crippen molar-refractivity contribution in [1.82, 2.24) is 0 Å². The Morgan fingerprint density at radius 3 is 2.48 bits per heavy atom. The maximum atomic E-state index is 12.6. The zero-order valence-corrected chi connectivity index (χ0v) is 16.0. The molecule has 146 valence electrons. The molecule has 3 rings (SSSR count). The highest BCUT2D eigenvalue weighted by Crippen LogP contribution is 2.33. The normalized spacial score (nSPS) is 16.8. The first-order chi connectivity index (χ1) is 12.8. The molecule has 1 aliphatic heterocycles. The summed E-state index contributed by atoms with van der Waals surface area (Å²) in [5, 5.41) is 0. The lowest BCUT2D eigenvalue weighted by Gasteiger charge is -2.37. The maximum Gasteiger partial charge on any atom is 0.341 e. The molecule has 0 N–H and O–H groups in total. The van der Waals surface area contributed by atoms with Crippen molar-refractivity contribution in [3.63, 3.8) is 0 Å². The van der Waals surface area contributed by atoms with Crippen molar-refractivity contribution < 1.29 is 21.9 Å². The number of hydrogen-bond donors (Lipinski definition) is 0. The molecule has 0 amide bonds. The predicted molar refractivity (Wildman–Crippen MR) is 102 cm³/mol. The standard InChI is InChI=1S/C19H22F2N2O3S/c1-3-23-13-15(26-18-7-5-4-6-17(18)23)12-22(2)14-8-10-16(11-9-14)27(24,25)19(20)21/h4-11,15,19H,3,12-13H2,1-2H3/t15-/m1/s1. The summed E-state index contributed by atoms with van der Waals surface area (Å²) >= 11 is 0. The number of benzene rings is 2. The van der Waals surface area contributed by atoms with E-state index in [1.807, 2.05) is 36.2 Å². The van der Waals surface area contributed by atoms with Crippen LogP contribution in [-0.2, 0) is 9.84 Å². The smallest absolute Gasteiger partial charge is 0.341 e. The third kappa shape index (κ3) is 4.00. The molecule has 2 aromatic rings. The van der Waals surface area contributed by atoms with E-state index < -0.39 is 15.6 Å². The summed E-state index contributed by atoms with van der Waals surface area (Å²) in [6.07, 6.45) is -0.0747. The Hall–Kier alpha value is -2.35. The second kappa shape index (κ2) is 7.72. The molecule has 2 aromatic carbocycles. The van der Waals surface area contributed by atoms with Crippen molar-refractivity contribution in [3.8, 4) is 5.75 Å². The van der Waals surface area contributed by atoms with Crippen LogP contribution in [0.4, 0.5) is 20.2 Å². The average Bonchev–Trinajstić information content (AvgIpc) is 2.67. The minimum absolute atomic E-state index is 0.0747. The van der Waals surface area contributed by atoms with E-state index in [-0.39, 0.29) is 11.0 Å². The fraction of sp³-hybridized carbons (Fsp3) is 0.368. The summed E-state index contributed by atoms with van der Waals surface area (Å²) in [4.78, 5) is 3.79. The Morgan fingerprint density at radius 1 is 1.19 bits per heavy atom. The van der Waals surface area contributed by atoms with Gasteiger partial charge < -0.3 is 14.5 Å². The van der Waals surface area contributed by atoms with Gasteiger partial charge in [-0.3, -0.25) is 0 Å². The number of likely N-dealkylation sites (N-methyl/N-ethyl adjacent to an activating group) is 2. The van der Waals surface area contributed by atoms with Gasteiger partial charge in [-0.25, -0.2) is 8.42 Å². The molecule has 0 saturated heterocycles. The van der Waals surface area contributed by atoms with Gasteiger partial charge >= 0.3 is 5.76 Å². The van der Waals surface area contributed by atoms with E-state index in [1.165, 1.54) is 24.3 Å². The lowest BCUT2D eigenvalue weighted by molar-refractivity contribution is 0.200. The summed E-state index contributed by atoms with van der Waals surface area (Å²) in [5.41, 5.74) is 1.80. The van der Waals surface area contributed by atoms with E-state index in [4.69, 9.17) is 4.74 Å². The topological polar surface area (TPSA) is 49.9 Å². The number of fused-ring (bicyclic) bond motifs is 1. The Balaban J connectivity index is 1.72. The number of para-hydroxylation sites is 2. The van der Waals surface area contributed by atoms with E-state index in [9.17, 15) is 17.2 Å². The molecular formula is C19H22F2N2O3S. The lowest BCUT2D eigenvalue weighted by Crippen LogP contribution is -2.45. The summed E-state index contributed by atoms with van der Waals surface area (Å²) < 4.78 is 54.4. The Bertz CT molecular complexity index is 888. The zero-order valence-electron chi connectivity index (χ0n) is 15.2. The van der Waals surface area contributed by atoms with Crippen LogP contribution < -0.4 is 14.5 Å². The first-order valence-electron chi connectivity index (χ1n) is 8.66. The third-order valence-corrected chi connectivity index (χ3v) is 6.02. The number of ether oxygens (including phenoxy) is 1. The molecule has 0 spiro atoms. The van der Waals surface area contributed by atoms with Crippen LogP contribution in [0.5, 0.6) is 5.75 Å². The van der Waals surface area contributed by atoms with Gasteiger partial charge in [-0.1, -0.05) is 12.1 Å². The SMILES string of the molecule is CCN1C[C@@H](CN(C)c2ccc(S(=O)(=O)C(F)F)cc2)Oc2ccccc21. The molecule has 0 saturated carbocycles. The molecule has 1 aliphatic rings. The fourth-order valence-electron chi connectivity index (χ4n) is 3.18. The van der Waals surface area contributed by atoms with Crippen LogP contribution in [0, 0.1) is 0 Å². The fourth-order valence-corrected chi connectivity index (χ4v) is 3.90. The minimum atomic E-state index is -4.57. The van der Waals surface area contributed by atoms with E-state index in [2.05, 4.69) is 11.8 Å². The van der Waals surface area contributed by atoms with Gasteiger partial charge in [0.1, 0.15) is 11.9 Å². The molecule has 5 nitrogen and oxygen atoms in total. The molecule has 1 atom stereocenters. The van der Waals surface area contributed by atoms with Crippen LogP contribution in [0.1, 0.15) is 6.92 Å². The number of halogens is 2. The van der Waals surface area contributed by atoms with E-state index >= 15 is 0 Å². The Morgan fingerprint density at radius 2 is 1.85 bits per heavy atom. The Labute approximate surface area is 158 Å². The van der Waals surface area contributed by atoms with E-state index in [1.54, 1.807) is 0 Å². The maximum absolute atomic E-state index is 12.6. The van der Waals surface area contributed by atoms with Crippen molar-refractivity contribution in [3.05, 3.63) is 48.5 Å². The molecule has 0 unspecified atom stereocenters. The largest absolute Gasteiger partial charge is 0.485 e. The van der Waals surface area contributed by atoms with Gasteiger partial charge in [0.2, 0.25) is 9.84 Å². The number of nitrogens with zero attached hydrogens (tertiary/aromatic N) is 2. The highest BCUT2D eigenvalue weighted by Gasteiger charge is 2.27. The van der Waals surface area contributed by atoms with E-state index in [0.29, 0.717) is 6.54 Å². The van der Waals surface area contributed by atoms with Crippen LogP contribution in [0.25, 0.3) is 0 Å². The number of hydrogen-bond acceptors (Lipinski definition) is 5. The van der Waals surface area contributed by atoms with Crippen molar-refractivity contribution in [2.24, 2.45) is 0 Å². The summed E-state index contributed by atoms with van der Waals surface area (Å²) in [5.74, 6) is -2.58. The quantitative estimate of drug-likeness (QED) is 0.749. The molecular weight excluding hydrogens is 374 g/mol. The first kappa shape index (κ1) is 19.4. The van der Waals surface area contributed by atoms with Gasteiger partial charge in [0.15, 0.2) is 0 Å². The zero-order chi connectivity index (χ0) is 19.6. The molecule has 1 heterocycles. The molecule has 0 aliphatic carbocycles. The van der Waals surface area contributed by atoms with Crippen LogP contribution >= 0.6 is 0 Å². The number of alkyl halides is 2. The van der Waals surface area contributed by atoms with Gasteiger partial charge in [0.05, 0.1) is 23.7 Å². The third-order valence-electron chi connectivity index (χ3n) is 4.62. The summed E-state index contributed by atoms with van der Waals surface area (Å²) in [6, 6.07) is 13.4. The van der Waals surface area contributed by atoms with Gasteiger partial charge in [0.25, 0.3) is 0 Å². The number of anilines is 2. The predicted octanol–water partition coefficient (Wildman–Crippen LogP) is 3.41. The molecule has 0 radical (unpaired) electrons. The van der Waals surface area contributed by atoms with Crippen molar-refractivity contribution in [2.75, 3.05) is 36.5 Å². The lowest BCUT2D eigenvalue weighted by atomic mass is 10.1. The van der Waals surface area contributed by atoms with Gasteiger partial charge in [-0.15, -0.1) is 0 Å². The molecule has 27 heavy (non-hydrogen) atoms. The van der Waals surface area contributed by atoms with Crippen LogP contribution in [0.3, 0.4) is 0 Å². The molecule has 0 fully saturated rings. The molecule has 8 heteroatoms. The number of sulfone groups is 1. The van der Waals surface area contributed by atoms with Crippen LogP contribution in [-0.4, -0.2) is 47.0 Å². The van der Waals surface area contributed by atoms with Crippen molar-refractivity contribution in [2.45, 2.75) is 23.7 Å². The van der Waals surface area contributed by atoms with Gasteiger partial charge in [0, 0.05) is 19.3 Å². The second-order valence-electron chi connectivity index (χ2n) is 6.43. The van der Waals surface area contributed by atoms with Crippen molar-refractivity contribution in [1.29, 1.82) is 0 Å². The highest BCUT2D eigenvalue weighted by molar-refractivity contribution is 7.91. The van der Waals surface area contributed by atoms with Gasteiger partial charge in [-0.2, -0.15) is 8.78 Å². The van der Waals surface area contributed by atoms with Crippen molar-refractivity contribution >= 4 is 21.2 Å². The van der Waals surface area contributed by atoms with Crippen LogP contribution in [0.2, 0.25) is 0 Å². The monoisotopic (exact) mass is 396 g/mol. The highest BCUT2D eigenvalue weighted by atomic mass is 32.2. The summed E-state index contributed by atoms with van der Waals surface area (Å²) in [7, 11) is -2.72. The number of rotatable bonds is 6. The molecule has 0 bridgehead atoms. The van der Waals surface area contributed by atoms with Crippen LogP contribution in [0.15, 0.2) is 53.4 Å². The minimum Gasteiger partial charge on any atom is -0.485 e. The Kier molecular flexibility index (Phi) is 5.55. The summed E-state index contributed by atoms with van der Waals surface area (Å²) in [6.45, 7) is 4.26.